The maximum Gasteiger partial charge on any atom is 0.340 e. The molecule has 4 nitrogen and oxygen atoms in total. The monoisotopic (exact) mass is 310 g/mol. The average Bonchev–Trinajstić information content (AvgIpc) is 2.38. The molecule has 1 aromatic carbocycles. The van der Waals surface area contributed by atoms with Crippen LogP contribution >= 0.6 is 34.8 Å². The molecule has 98 valence electrons. The van der Waals surface area contributed by atoms with Crippen molar-refractivity contribution in [2.24, 2.45) is 0 Å². The van der Waals surface area contributed by atoms with E-state index >= 15 is 0 Å². The number of halogens is 3. The smallest absolute Gasteiger partial charge is 0.340 e. The van der Waals surface area contributed by atoms with Crippen molar-refractivity contribution in [3.8, 4) is 0 Å². The molecule has 0 saturated heterocycles. The van der Waals surface area contributed by atoms with E-state index in [0.29, 0.717) is 5.56 Å². The van der Waals surface area contributed by atoms with Crippen LogP contribution in [-0.2, 0) is 9.47 Å². The third kappa shape index (κ3) is 2.41. The normalized spacial score (nSPS) is 10.1. The Labute approximate surface area is 119 Å². The Bertz CT molecular complexity index is 479. The van der Waals surface area contributed by atoms with E-state index < -0.39 is 11.9 Å². The number of methoxy groups -OCH3 is 2. The first kappa shape index (κ1) is 15.1. The van der Waals surface area contributed by atoms with Crippen LogP contribution in [0, 0.1) is 6.92 Å². The molecule has 0 spiro atoms. The first-order valence-electron chi connectivity index (χ1n) is 4.70. The van der Waals surface area contributed by atoms with Gasteiger partial charge in [0.1, 0.15) is 0 Å². The molecule has 0 unspecified atom stereocenters. The number of carbonyl (C=O) groups excluding carboxylic acids is 2. The van der Waals surface area contributed by atoms with E-state index in [1.54, 1.807) is 0 Å². The molecule has 0 N–H and O–H groups in total. The Hall–Kier alpha value is -0.970. The molecule has 1 aromatic rings. The molecule has 0 aliphatic carbocycles. The number of rotatable bonds is 2. The van der Waals surface area contributed by atoms with Gasteiger partial charge in [0.15, 0.2) is 0 Å². The molecule has 0 fully saturated rings. The summed E-state index contributed by atoms with van der Waals surface area (Å²) in [5.74, 6) is -1.53. The summed E-state index contributed by atoms with van der Waals surface area (Å²) in [4.78, 5) is 23.4. The van der Waals surface area contributed by atoms with Crippen LogP contribution in [0.25, 0.3) is 0 Å². The fourth-order valence-corrected chi connectivity index (χ4v) is 2.17. The van der Waals surface area contributed by atoms with E-state index in [1.165, 1.54) is 14.0 Å². The maximum absolute atomic E-state index is 11.7. The van der Waals surface area contributed by atoms with Crippen molar-refractivity contribution in [2.75, 3.05) is 14.2 Å². The third-order valence-corrected chi connectivity index (χ3v) is 3.76. The van der Waals surface area contributed by atoms with Crippen LogP contribution in [0.4, 0.5) is 0 Å². The Morgan fingerprint density at radius 2 is 1.28 bits per heavy atom. The molecule has 0 amide bonds. The van der Waals surface area contributed by atoms with Gasteiger partial charge < -0.3 is 9.47 Å². The Morgan fingerprint density at radius 3 is 1.72 bits per heavy atom. The van der Waals surface area contributed by atoms with Crippen molar-refractivity contribution >= 4 is 46.7 Å². The summed E-state index contributed by atoms with van der Waals surface area (Å²) in [6, 6.07) is 0. The van der Waals surface area contributed by atoms with Crippen LogP contribution in [0.3, 0.4) is 0 Å². The minimum atomic E-state index is -0.790. The molecule has 0 radical (unpaired) electrons. The van der Waals surface area contributed by atoms with Crippen LogP contribution < -0.4 is 0 Å². The standard InChI is InChI=1S/C11H9Cl3O4/c1-4-5(10(15)17-2)6(11(16)18-3)8(13)9(14)7(4)12/h1-3H3. The van der Waals surface area contributed by atoms with Crippen LogP contribution in [-0.4, -0.2) is 26.2 Å². The summed E-state index contributed by atoms with van der Waals surface area (Å²) in [5.41, 5.74) is 0.0972. The maximum atomic E-state index is 11.7. The molecule has 0 saturated carbocycles. The van der Waals surface area contributed by atoms with Gasteiger partial charge in [0.25, 0.3) is 0 Å². The predicted molar refractivity (Wildman–Crippen MR) is 68.9 cm³/mol. The predicted octanol–water partition coefficient (Wildman–Crippen LogP) is 3.53. The number of esters is 2. The van der Waals surface area contributed by atoms with Gasteiger partial charge in [0, 0.05) is 0 Å². The average molecular weight is 312 g/mol. The molecule has 0 aliphatic rings. The van der Waals surface area contributed by atoms with E-state index in [0.717, 1.165) is 7.11 Å². The van der Waals surface area contributed by atoms with E-state index in [1.807, 2.05) is 0 Å². The number of hydrogen-bond acceptors (Lipinski definition) is 4. The molecular weight excluding hydrogens is 302 g/mol. The summed E-state index contributed by atoms with van der Waals surface area (Å²) in [6.07, 6.45) is 0. The summed E-state index contributed by atoms with van der Waals surface area (Å²) in [7, 11) is 2.34. The highest BCUT2D eigenvalue weighted by Crippen LogP contribution is 2.39. The highest BCUT2D eigenvalue weighted by Gasteiger charge is 2.28. The zero-order chi connectivity index (χ0) is 14.0. The molecule has 7 heteroatoms. The van der Waals surface area contributed by atoms with E-state index in [-0.39, 0.29) is 26.2 Å². The number of benzene rings is 1. The van der Waals surface area contributed by atoms with Gasteiger partial charge in [-0.05, 0) is 12.5 Å². The fraction of sp³-hybridized carbons (Fsp3) is 0.273. The SMILES string of the molecule is COC(=O)c1c(C)c(Cl)c(Cl)c(Cl)c1C(=O)OC. The highest BCUT2D eigenvalue weighted by molar-refractivity contribution is 6.50. The minimum absolute atomic E-state index is 0.0103. The summed E-state index contributed by atoms with van der Waals surface area (Å²) < 4.78 is 9.16. The third-order valence-electron chi connectivity index (χ3n) is 2.34. The second kappa shape index (κ2) is 5.78. The Kier molecular flexibility index (Phi) is 4.85. The van der Waals surface area contributed by atoms with Crippen LogP contribution in [0.5, 0.6) is 0 Å². The van der Waals surface area contributed by atoms with Crippen molar-refractivity contribution in [1.82, 2.24) is 0 Å². The van der Waals surface area contributed by atoms with Gasteiger partial charge in [-0.15, -0.1) is 0 Å². The van der Waals surface area contributed by atoms with Gasteiger partial charge in [-0.1, -0.05) is 34.8 Å². The van der Waals surface area contributed by atoms with Crippen LogP contribution in [0.15, 0.2) is 0 Å². The molecule has 0 aromatic heterocycles. The summed E-state index contributed by atoms with van der Waals surface area (Å²) >= 11 is 17.7. The first-order chi connectivity index (χ1) is 8.36. The lowest BCUT2D eigenvalue weighted by Gasteiger charge is -2.14. The number of hydrogen-bond donors (Lipinski definition) is 0. The zero-order valence-corrected chi connectivity index (χ0v) is 12.0. The zero-order valence-electron chi connectivity index (χ0n) is 9.77. The molecule has 18 heavy (non-hydrogen) atoms. The lowest BCUT2D eigenvalue weighted by Crippen LogP contribution is -2.15. The quantitative estimate of drug-likeness (QED) is 0.619. The molecular formula is C11H9Cl3O4. The lowest BCUT2D eigenvalue weighted by atomic mass is 10.0. The van der Waals surface area contributed by atoms with E-state index in [4.69, 9.17) is 34.8 Å². The fourth-order valence-electron chi connectivity index (χ4n) is 1.43. The Balaban J connectivity index is 3.75. The first-order valence-corrected chi connectivity index (χ1v) is 5.83. The van der Waals surface area contributed by atoms with Crippen molar-refractivity contribution in [3.05, 3.63) is 31.8 Å². The molecule has 1 rings (SSSR count). The largest absolute Gasteiger partial charge is 0.465 e. The highest BCUT2D eigenvalue weighted by atomic mass is 35.5. The van der Waals surface area contributed by atoms with E-state index in [9.17, 15) is 9.59 Å². The van der Waals surface area contributed by atoms with Gasteiger partial charge in [-0.25, -0.2) is 9.59 Å². The molecule has 0 bridgehead atoms. The Morgan fingerprint density at radius 1 is 0.833 bits per heavy atom. The van der Waals surface area contributed by atoms with Gasteiger partial charge in [-0.2, -0.15) is 0 Å². The molecule has 0 heterocycles. The van der Waals surface area contributed by atoms with Crippen molar-refractivity contribution in [2.45, 2.75) is 6.92 Å². The number of carbonyl (C=O) groups is 2. The van der Waals surface area contributed by atoms with Crippen LogP contribution in [0.2, 0.25) is 15.1 Å². The second-order valence-corrected chi connectivity index (χ2v) is 4.43. The van der Waals surface area contributed by atoms with Crippen LogP contribution in [0.1, 0.15) is 26.3 Å². The van der Waals surface area contributed by atoms with E-state index in [2.05, 4.69) is 9.47 Å². The van der Waals surface area contributed by atoms with Gasteiger partial charge in [0.2, 0.25) is 0 Å². The summed E-state index contributed by atoms with van der Waals surface area (Å²) in [6.45, 7) is 1.53. The lowest BCUT2D eigenvalue weighted by molar-refractivity contribution is 0.0554. The van der Waals surface area contributed by atoms with Gasteiger partial charge in [0.05, 0.1) is 40.4 Å². The van der Waals surface area contributed by atoms with Crippen molar-refractivity contribution in [3.63, 3.8) is 0 Å². The topological polar surface area (TPSA) is 52.6 Å². The molecule has 0 atom stereocenters. The minimum Gasteiger partial charge on any atom is -0.465 e. The molecule has 0 aliphatic heterocycles. The van der Waals surface area contributed by atoms with Gasteiger partial charge in [-0.3, -0.25) is 0 Å². The van der Waals surface area contributed by atoms with Gasteiger partial charge >= 0.3 is 11.9 Å². The van der Waals surface area contributed by atoms with Crippen molar-refractivity contribution < 1.29 is 19.1 Å². The second-order valence-electron chi connectivity index (χ2n) is 3.30. The number of ether oxygens (including phenoxy) is 2. The summed E-state index contributed by atoms with van der Waals surface area (Å²) in [5, 5.41) is -0.0573. The van der Waals surface area contributed by atoms with Crippen molar-refractivity contribution in [1.29, 1.82) is 0 Å².